The average Bonchev–Trinajstić information content (AvgIpc) is 3.24. The molecule has 0 unspecified atom stereocenters. The number of allylic oxidation sites excluding steroid dienone is 1. The van der Waals surface area contributed by atoms with Gasteiger partial charge in [0.2, 0.25) is 5.91 Å². The second-order valence-electron chi connectivity index (χ2n) is 5.97. The topological polar surface area (TPSA) is 73.0 Å². The summed E-state index contributed by atoms with van der Waals surface area (Å²) in [5.41, 5.74) is 0.716. The van der Waals surface area contributed by atoms with Crippen LogP contribution in [0.4, 0.5) is 14.5 Å². The number of halogens is 2. The number of hydrogen-bond donors (Lipinski definition) is 1. The van der Waals surface area contributed by atoms with E-state index >= 15 is 0 Å². The van der Waals surface area contributed by atoms with Crippen molar-refractivity contribution in [1.29, 1.82) is 0 Å². The summed E-state index contributed by atoms with van der Waals surface area (Å²) in [5.74, 6) is -0.682. The summed E-state index contributed by atoms with van der Waals surface area (Å²) in [6.45, 7) is 7.67. The monoisotopic (exact) mass is 404 g/mol. The van der Waals surface area contributed by atoms with Gasteiger partial charge in [-0.25, -0.2) is 8.78 Å². The van der Waals surface area contributed by atoms with Crippen molar-refractivity contribution in [3.8, 4) is 11.4 Å². The molecule has 1 atom stereocenters. The number of carbonyl (C=O) groups is 1. The van der Waals surface area contributed by atoms with E-state index in [9.17, 15) is 13.6 Å². The smallest absolute Gasteiger partial charge is 0.237 e. The van der Waals surface area contributed by atoms with Crippen LogP contribution in [0.2, 0.25) is 0 Å². The van der Waals surface area contributed by atoms with Crippen LogP contribution in [0.3, 0.4) is 0 Å². The second kappa shape index (κ2) is 8.39. The Morgan fingerprint density at radius 3 is 2.82 bits per heavy atom. The zero-order valence-corrected chi connectivity index (χ0v) is 16.1. The third-order valence-electron chi connectivity index (χ3n) is 3.97. The van der Waals surface area contributed by atoms with Crippen LogP contribution in [0.5, 0.6) is 0 Å². The summed E-state index contributed by atoms with van der Waals surface area (Å²) in [5, 5.41) is 10.8. The zero-order valence-electron chi connectivity index (χ0n) is 15.3. The van der Waals surface area contributed by atoms with Crippen molar-refractivity contribution in [1.82, 2.24) is 14.8 Å². The Kier molecular flexibility index (Phi) is 5.93. The first-order valence-electron chi connectivity index (χ1n) is 8.41. The number of thioether (sulfide) groups is 1. The maximum Gasteiger partial charge on any atom is 0.237 e. The van der Waals surface area contributed by atoms with Crippen molar-refractivity contribution in [2.45, 2.75) is 30.8 Å². The lowest BCUT2D eigenvalue weighted by Gasteiger charge is -2.13. The number of benzene rings is 1. The third kappa shape index (κ3) is 4.14. The molecule has 1 aromatic carbocycles. The minimum Gasteiger partial charge on any atom is -0.469 e. The Hall–Kier alpha value is -2.94. The van der Waals surface area contributed by atoms with E-state index in [1.54, 1.807) is 25.3 Å². The van der Waals surface area contributed by atoms with Gasteiger partial charge in [-0.3, -0.25) is 9.36 Å². The van der Waals surface area contributed by atoms with E-state index in [2.05, 4.69) is 22.1 Å². The van der Waals surface area contributed by atoms with E-state index in [1.165, 1.54) is 17.8 Å². The Balaban J connectivity index is 1.79. The van der Waals surface area contributed by atoms with Crippen molar-refractivity contribution in [2.75, 3.05) is 5.32 Å². The molecule has 146 valence electrons. The number of nitrogens with zero attached hydrogens (tertiary/aromatic N) is 3. The SMILES string of the molecule is C=CCn1c(S[C@H](C)C(=O)Nc2ccc(F)cc2F)nnc1-c1ccoc1C. The molecule has 3 aromatic rings. The van der Waals surface area contributed by atoms with E-state index in [-0.39, 0.29) is 5.69 Å². The number of carbonyl (C=O) groups excluding carboxylic acids is 1. The Labute approximate surface area is 164 Å². The van der Waals surface area contributed by atoms with Gasteiger partial charge in [-0.1, -0.05) is 17.8 Å². The van der Waals surface area contributed by atoms with Crippen LogP contribution in [0.1, 0.15) is 12.7 Å². The van der Waals surface area contributed by atoms with Crippen molar-refractivity contribution in [3.63, 3.8) is 0 Å². The van der Waals surface area contributed by atoms with Gasteiger partial charge in [0.05, 0.1) is 22.8 Å². The van der Waals surface area contributed by atoms with E-state index < -0.39 is 22.8 Å². The van der Waals surface area contributed by atoms with Crippen molar-refractivity contribution >= 4 is 23.4 Å². The molecule has 0 radical (unpaired) electrons. The number of furan rings is 1. The largest absolute Gasteiger partial charge is 0.469 e. The Morgan fingerprint density at radius 2 is 2.18 bits per heavy atom. The number of amides is 1. The molecule has 1 N–H and O–H groups in total. The molecular weight excluding hydrogens is 386 g/mol. The molecule has 0 aliphatic carbocycles. The fraction of sp³-hybridized carbons (Fsp3) is 0.211. The molecule has 2 heterocycles. The number of aryl methyl sites for hydroxylation is 1. The second-order valence-corrected chi connectivity index (χ2v) is 7.28. The van der Waals surface area contributed by atoms with Crippen molar-refractivity contribution in [3.05, 3.63) is 60.6 Å². The van der Waals surface area contributed by atoms with E-state index in [0.717, 1.165) is 11.6 Å². The number of nitrogens with one attached hydrogen (secondary N) is 1. The molecule has 0 aliphatic heterocycles. The molecule has 9 heteroatoms. The van der Waals surface area contributed by atoms with Gasteiger partial charge in [0.15, 0.2) is 11.0 Å². The lowest BCUT2D eigenvalue weighted by atomic mass is 10.2. The molecule has 28 heavy (non-hydrogen) atoms. The highest BCUT2D eigenvalue weighted by Gasteiger charge is 2.22. The summed E-state index contributed by atoms with van der Waals surface area (Å²) in [6.07, 6.45) is 3.27. The van der Waals surface area contributed by atoms with Crippen molar-refractivity contribution in [2.24, 2.45) is 0 Å². The van der Waals surface area contributed by atoms with Gasteiger partial charge in [-0.15, -0.1) is 16.8 Å². The van der Waals surface area contributed by atoms with Gasteiger partial charge in [-0.05, 0) is 32.0 Å². The minimum absolute atomic E-state index is 0.0823. The van der Waals surface area contributed by atoms with Gasteiger partial charge in [0, 0.05) is 12.6 Å². The van der Waals surface area contributed by atoms with Crippen LogP contribution in [-0.4, -0.2) is 25.9 Å². The molecule has 3 rings (SSSR count). The van der Waals surface area contributed by atoms with E-state index in [1.807, 2.05) is 11.5 Å². The van der Waals surface area contributed by atoms with E-state index in [0.29, 0.717) is 29.4 Å². The fourth-order valence-corrected chi connectivity index (χ4v) is 3.38. The van der Waals surface area contributed by atoms with Crippen LogP contribution in [0, 0.1) is 18.6 Å². The summed E-state index contributed by atoms with van der Waals surface area (Å²) in [7, 11) is 0. The van der Waals surface area contributed by atoms with Gasteiger partial charge in [-0.2, -0.15) is 0 Å². The van der Waals surface area contributed by atoms with Crippen LogP contribution in [0.15, 0.2) is 52.8 Å². The predicted molar refractivity (Wildman–Crippen MR) is 103 cm³/mol. The summed E-state index contributed by atoms with van der Waals surface area (Å²) in [4.78, 5) is 12.4. The molecule has 1 amide bonds. The average molecular weight is 404 g/mol. The molecule has 0 saturated carbocycles. The van der Waals surface area contributed by atoms with Gasteiger partial charge < -0.3 is 9.73 Å². The van der Waals surface area contributed by atoms with E-state index in [4.69, 9.17) is 4.42 Å². The first-order valence-corrected chi connectivity index (χ1v) is 9.29. The molecule has 0 bridgehead atoms. The fourth-order valence-electron chi connectivity index (χ4n) is 2.52. The highest BCUT2D eigenvalue weighted by atomic mass is 32.2. The highest BCUT2D eigenvalue weighted by Crippen LogP contribution is 2.29. The molecule has 0 saturated heterocycles. The van der Waals surface area contributed by atoms with Gasteiger partial charge in [0.25, 0.3) is 0 Å². The predicted octanol–water partition coefficient (Wildman–Crippen LogP) is 4.43. The Bertz CT molecular complexity index is 1020. The third-order valence-corrected chi connectivity index (χ3v) is 5.05. The first kappa shape index (κ1) is 19.8. The lowest BCUT2D eigenvalue weighted by molar-refractivity contribution is -0.115. The number of aromatic nitrogens is 3. The Morgan fingerprint density at radius 1 is 1.39 bits per heavy atom. The summed E-state index contributed by atoms with van der Waals surface area (Å²) in [6, 6.07) is 4.77. The number of hydrogen-bond acceptors (Lipinski definition) is 5. The van der Waals surface area contributed by atoms with Crippen LogP contribution in [-0.2, 0) is 11.3 Å². The van der Waals surface area contributed by atoms with Gasteiger partial charge >= 0.3 is 0 Å². The van der Waals surface area contributed by atoms with Crippen LogP contribution < -0.4 is 5.32 Å². The molecule has 6 nitrogen and oxygen atoms in total. The number of anilines is 1. The van der Waals surface area contributed by atoms with Crippen LogP contribution >= 0.6 is 11.8 Å². The molecule has 0 fully saturated rings. The lowest BCUT2D eigenvalue weighted by Crippen LogP contribution is -2.23. The normalized spacial score (nSPS) is 12.0. The maximum atomic E-state index is 13.8. The summed E-state index contributed by atoms with van der Waals surface area (Å²) >= 11 is 1.17. The number of rotatable bonds is 7. The zero-order chi connectivity index (χ0) is 20.3. The quantitative estimate of drug-likeness (QED) is 0.466. The molecular formula is C19H18F2N4O2S. The van der Waals surface area contributed by atoms with Gasteiger partial charge in [0.1, 0.15) is 17.4 Å². The minimum atomic E-state index is -0.835. The molecule has 0 aliphatic rings. The molecule has 2 aromatic heterocycles. The van der Waals surface area contributed by atoms with Crippen molar-refractivity contribution < 1.29 is 18.0 Å². The molecule has 0 spiro atoms. The maximum absolute atomic E-state index is 13.8. The highest BCUT2D eigenvalue weighted by molar-refractivity contribution is 8.00. The standard InChI is InChI=1S/C19H18F2N4O2S/c1-4-8-25-17(14-7-9-27-11(14)2)23-24-19(25)28-12(3)18(26)22-16-6-5-13(20)10-15(16)21/h4-7,9-10,12H,1,8H2,2-3H3,(H,22,26)/t12-/m1/s1. The first-order chi connectivity index (χ1) is 13.4. The summed E-state index contributed by atoms with van der Waals surface area (Å²) < 4.78 is 33.9. The van der Waals surface area contributed by atoms with Crippen LogP contribution in [0.25, 0.3) is 11.4 Å².